The van der Waals surface area contributed by atoms with Gasteiger partial charge in [-0.2, -0.15) is 0 Å². The number of likely N-dealkylation sites (N-methyl/N-ethyl adjacent to an activating group) is 1. The van der Waals surface area contributed by atoms with Crippen molar-refractivity contribution >= 4 is 5.91 Å². The van der Waals surface area contributed by atoms with Gasteiger partial charge < -0.3 is 10.0 Å². The Kier molecular flexibility index (Phi) is 6.03. The van der Waals surface area contributed by atoms with Crippen molar-refractivity contribution < 1.29 is 9.90 Å². The Hall–Kier alpha value is -1.35. The van der Waals surface area contributed by atoms with Crippen molar-refractivity contribution in [2.24, 2.45) is 5.92 Å². The molecule has 0 radical (unpaired) electrons. The Labute approximate surface area is 116 Å². The summed E-state index contributed by atoms with van der Waals surface area (Å²) in [5, 5.41) is 8.88. The molecule has 1 aromatic carbocycles. The predicted octanol–water partition coefficient (Wildman–Crippen LogP) is 2.58. The van der Waals surface area contributed by atoms with Gasteiger partial charge in [-0.3, -0.25) is 4.79 Å². The Morgan fingerprint density at radius 1 is 1.26 bits per heavy atom. The summed E-state index contributed by atoms with van der Waals surface area (Å²) in [6.45, 7) is 6.76. The number of nitrogens with zero attached hydrogens (tertiary/aromatic N) is 1. The lowest BCUT2D eigenvalue weighted by atomic mass is 9.85. The van der Waals surface area contributed by atoms with Gasteiger partial charge >= 0.3 is 0 Å². The van der Waals surface area contributed by atoms with Crippen LogP contribution in [0, 0.1) is 12.8 Å². The van der Waals surface area contributed by atoms with Crippen LogP contribution >= 0.6 is 0 Å². The first-order valence-corrected chi connectivity index (χ1v) is 6.87. The summed E-state index contributed by atoms with van der Waals surface area (Å²) < 4.78 is 0. The summed E-state index contributed by atoms with van der Waals surface area (Å²) in [5.74, 6) is 0.733. The molecule has 0 aromatic heterocycles. The van der Waals surface area contributed by atoms with Crippen molar-refractivity contribution in [3.8, 4) is 0 Å². The molecule has 0 bridgehead atoms. The molecule has 1 atom stereocenters. The fourth-order valence-electron chi connectivity index (χ4n) is 2.17. The van der Waals surface area contributed by atoms with Gasteiger partial charge in [0.25, 0.3) is 0 Å². The molecule has 1 amide bonds. The zero-order valence-electron chi connectivity index (χ0n) is 12.4. The summed E-state index contributed by atoms with van der Waals surface area (Å²) in [4.78, 5) is 13.7. The van der Waals surface area contributed by atoms with Crippen molar-refractivity contribution in [1.29, 1.82) is 0 Å². The predicted molar refractivity (Wildman–Crippen MR) is 78.1 cm³/mol. The van der Waals surface area contributed by atoms with Crippen LogP contribution in [0.5, 0.6) is 0 Å². The van der Waals surface area contributed by atoms with Gasteiger partial charge in [0.2, 0.25) is 5.91 Å². The van der Waals surface area contributed by atoms with Gasteiger partial charge in [0.05, 0.1) is 6.61 Å². The number of carbonyl (C=O) groups excluding carboxylic acids is 1. The number of carbonyl (C=O) groups is 1. The summed E-state index contributed by atoms with van der Waals surface area (Å²) in [7, 11) is 1.74. The van der Waals surface area contributed by atoms with Crippen LogP contribution in [-0.2, 0) is 4.79 Å². The summed E-state index contributed by atoms with van der Waals surface area (Å²) in [6.07, 6.45) is 0.497. The molecule has 0 saturated carbocycles. The number of aliphatic hydroxyl groups excluding tert-OH is 1. The van der Waals surface area contributed by atoms with Crippen molar-refractivity contribution in [1.82, 2.24) is 4.90 Å². The number of aryl methyl sites for hydroxylation is 1. The van der Waals surface area contributed by atoms with E-state index in [0.29, 0.717) is 18.9 Å². The van der Waals surface area contributed by atoms with Crippen LogP contribution in [0.3, 0.4) is 0 Å². The van der Waals surface area contributed by atoms with Gasteiger partial charge in [0.15, 0.2) is 0 Å². The second-order valence-corrected chi connectivity index (χ2v) is 5.50. The molecule has 3 heteroatoms. The molecule has 1 aromatic rings. The average Bonchev–Trinajstić information content (AvgIpc) is 2.37. The molecule has 1 rings (SSSR count). The van der Waals surface area contributed by atoms with E-state index in [9.17, 15) is 4.79 Å². The maximum Gasteiger partial charge on any atom is 0.223 e. The first-order chi connectivity index (χ1) is 8.95. The Balaban J connectivity index is 2.79. The third-order valence-electron chi connectivity index (χ3n) is 3.57. The number of benzene rings is 1. The SMILES string of the molecule is Cc1ccc(C(CC(=O)N(C)CCO)C(C)C)cc1. The molecular formula is C16H25NO2. The quantitative estimate of drug-likeness (QED) is 0.857. The fourth-order valence-corrected chi connectivity index (χ4v) is 2.17. The molecule has 0 saturated heterocycles. The van der Waals surface area contributed by atoms with Gasteiger partial charge in [-0.1, -0.05) is 43.7 Å². The molecule has 0 fully saturated rings. The summed E-state index contributed by atoms with van der Waals surface area (Å²) >= 11 is 0. The van der Waals surface area contributed by atoms with Crippen LogP contribution in [0.2, 0.25) is 0 Å². The van der Waals surface area contributed by atoms with E-state index in [4.69, 9.17) is 5.11 Å². The molecule has 0 spiro atoms. The second-order valence-electron chi connectivity index (χ2n) is 5.50. The van der Waals surface area contributed by atoms with E-state index in [0.717, 1.165) is 0 Å². The minimum Gasteiger partial charge on any atom is -0.395 e. The lowest BCUT2D eigenvalue weighted by Crippen LogP contribution is -2.31. The van der Waals surface area contributed by atoms with Gasteiger partial charge in [-0.15, -0.1) is 0 Å². The van der Waals surface area contributed by atoms with Crippen molar-refractivity contribution in [3.63, 3.8) is 0 Å². The first kappa shape index (κ1) is 15.7. The smallest absolute Gasteiger partial charge is 0.223 e. The van der Waals surface area contributed by atoms with Gasteiger partial charge in [0, 0.05) is 20.0 Å². The number of rotatable bonds is 6. The van der Waals surface area contributed by atoms with Gasteiger partial charge in [-0.25, -0.2) is 0 Å². The van der Waals surface area contributed by atoms with Crippen LogP contribution in [-0.4, -0.2) is 36.1 Å². The average molecular weight is 263 g/mol. The van der Waals surface area contributed by atoms with Crippen LogP contribution in [0.15, 0.2) is 24.3 Å². The number of hydrogen-bond donors (Lipinski definition) is 1. The maximum absolute atomic E-state index is 12.1. The molecule has 106 valence electrons. The lowest BCUT2D eigenvalue weighted by molar-refractivity contribution is -0.131. The zero-order chi connectivity index (χ0) is 14.4. The lowest BCUT2D eigenvalue weighted by Gasteiger charge is -2.24. The molecular weight excluding hydrogens is 238 g/mol. The second kappa shape index (κ2) is 7.29. The van der Waals surface area contributed by atoms with E-state index in [1.165, 1.54) is 11.1 Å². The molecule has 0 aliphatic carbocycles. The monoisotopic (exact) mass is 263 g/mol. The molecule has 19 heavy (non-hydrogen) atoms. The van der Waals surface area contributed by atoms with Crippen LogP contribution in [0.25, 0.3) is 0 Å². The number of amides is 1. The highest BCUT2D eigenvalue weighted by molar-refractivity contribution is 5.76. The van der Waals surface area contributed by atoms with Gasteiger partial charge in [-0.05, 0) is 24.3 Å². The standard InChI is InChI=1S/C16H25NO2/c1-12(2)15(11-16(19)17(4)9-10-18)14-7-5-13(3)6-8-14/h5-8,12,15,18H,9-11H2,1-4H3. The van der Waals surface area contributed by atoms with Gasteiger partial charge in [0.1, 0.15) is 0 Å². The minimum atomic E-state index is 0.0130. The minimum absolute atomic E-state index is 0.0130. The van der Waals surface area contributed by atoms with Crippen LogP contribution in [0.1, 0.15) is 37.3 Å². The number of aliphatic hydroxyl groups is 1. The first-order valence-electron chi connectivity index (χ1n) is 6.87. The third kappa shape index (κ3) is 4.67. The Morgan fingerprint density at radius 2 is 1.84 bits per heavy atom. The summed E-state index contributed by atoms with van der Waals surface area (Å²) in [5.41, 5.74) is 2.45. The van der Waals surface area contributed by atoms with Crippen molar-refractivity contribution in [2.75, 3.05) is 20.2 Å². The van der Waals surface area contributed by atoms with E-state index < -0.39 is 0 Å². The Morgan fingerprint density at radius 3 is 2.32 bits per heavy atom. The molecule has 3 nitrogen and oxygen atoms in total. The van der Waals surface area contributed by atoms with Crippen LogP contribution < -0.4 is 0 Å². The van der Waals surface area contributed by atoms with Crippen LogP contribution in [0.4, 0.5) is 0 Å². The van der Waals surface area contributed by atoms with Crippen molar-refractivity contribution in [2.45, 2.75) is 33.1 Å². The van der Waals surface area contributed by atoms with E-state index >= 15 is 0 Å². The van der Waals surface area contributed by atoms with E-state index in [-0.39, 0.29) is 18.4 Å². The third-order valence-corrected chi connectivity index (χ3v) is 3.57. The molecule has 0 aliphatic rings. The molecule has 0 heterocycles. The van der Waals surface area contributed by atoms with E-state index in [1.807, 2.05) is 0 Å². The molecule has 0 aliphatic heterocycles. The topological polar surface area (TPSA) is 40.5 Å². The Bertz CT molecular complexity index is 398. The highest BCUT2D eigenvalue weighted by Gasteiger charge is 2.21. The fraction of sp³-hybridized carbons (Fsp3) is 0.562. The molecule has 1 unspecified atom stereocenters. The normalized spacial score (nSPS) is 12.5. The van der Waals surface area contributed by atoms with Crippen molar-refractivity contribution in [3.05, 3.63) is 35.4 Å². The highest BCUT2D eigenvalue weighted by atomic mass is 16.3. The zero-order valence-corrected chi connectivity index (χ0v) is 12.4. The molecule has 1 N–H and O–H groups in total. The largest absolute Gasteiger partial charge is 0.395 e. The van der Waals surface area contributed by atoms with E-state index in [1.54, 1.807) is 11.9 Å². The van der Waals surface area contributed by atoms with E-state index in [2.05, 4.69) is 45.0 Å². The maximum atomic E-state index is 12.1. The number of hydrogen-bond acceptors (Lipinski definition) is 2. The highest BCUT2D eigenvalue weighted by Crippen LogP contribution is 2.28. The summed E-state index contributed by atoms with van der Waals surface area (Å²) in [6, 6.07) is 8.40.